The van der Waals surface area contributed by atoms with E-state index in [-0.39, 0.29) is 11.3 Å². The minimum atomic E-state index is -4.05. The van der Waals surface area contributed by atoms with E-state index in [1.165, 1.54) is 25.2 Å². The van der Waals surface area contributed by atoms with Crippen LogP contribution in [0.2, 0.25) is 0 Å². The number of benzene rings is 1. The summed E-state index contributed by atoms with van der Waals surface area (Å²) in [5.41, 5.74) is -0.0290. The SMILES string of the molecule is CNS(=O)(=O)OC1OC(C)(C)OC1c1ccccc1[N+](=O)[O-]. The van der Waals surface area contributed by atoms with Crippen LogP contribution in [0.15, 0.2) is 24.3 Å². The number of rotatable bonds is 5. The molecule has 0 aliphatic carbocycles. The van der Waals surface area contributed by atoms with Crippen LogP contribution in [0, 0.1) is 10.1 Å². The lowest BCUT2D eigenvalue weighted by atomic mass is 10.1. The summed E-state index contributed by atoms with van der Waals surface area (Å²) in [6, 6.07) is 5.85. The Labute approximate surface area is 127 Å². The van der Waals surface area contributed by atoms with E-state index in [2.05, 4.69) is 0 Å². The third-order valence-corrected chi connectivity index (χ3v) is 3.91. The van der Waals surface area contributed by atoms with Crippen molar-refractivity contribution >= 4 is 16.0 Å². The average Bonchev–Trinajstić information content (AvgIpc) is 2.72. The van der Waals surface area contributed by atoms with Crippen LogP contribution in [0.5, 0.6) is 0 Å². The van der Waals surface area contributed by atoms with Crippen molar-refractivity contribution in [2.24, 2.45) is 0 Å². The van der Waals surface area contributed by atoms with Gasteiger partial charge in [-0.05, 0) is 19.9 Å². The maximum absolute atomic E-state index is 11.6. The van der Waals surface area contributed by atoms with Crippen molar-refractivity contribution in [1.82, 2.24) is 4.72 Å². The smallest absolute Gasteiger partial charge is 0.337 e. The third kappa shape index (κ3) is 3.59. The van der Waals surface area contributed by atoms with Gasteiger partial charge in [0.05, 0.1) is 10.5 Å². The first-order valence-corrected chi connectivity index (χ1v) is 7.77. The van der Waals surface area contributed by atoms with Gasteiger partial charge in [0.1, 0.15) is 6.10 Å². The zero-order valence-electron chi connectivity index (χ0n) is 12.2. The van der Waals surface area contributed by atoms with Gasteiger partial charge in [0, 0.05) is 13.1 Å². The maximum atomic E-state index is 11.6. The summed E-state index contributed by atoms with van der Waals surface area (Å²) >= 11 is 0. The molecule has 1 aromatic rings. The second kappa shape index (κ2) is 5.89. The average molecular weight is 332 g/mol. The van der Waals surface area contributed by atoms with Crippen LogP contribution < -0.4 is 4.72 Å². The van der Waals surface area contributed by atoms with Crippen molar-refractivity contribution in [3.63, 3.8) is 0 Å². The Hall–Kier alpha value is -1.59. The van der Waals surface area contributed by atoms with Crippen molar-refractivity contribution in [1.29, 1.82) is 0 Å². The molecule has 10 heteroatoms. The molecule has 1 aromatic carbocycles. The quantitative estimate of drug-likeness (QED) is 0.636. The molecule has 0 amide bonds. The lowest BCUT2D eigenvalue weighted by Gasteiger charge is -2.16. The van der Waals surface area contributed by atoms with Gasteiger partial charge in [-0.15, -0.1) is 0 Å². The lowest BCUT2D eigenvalue weighted by Crippen LogP contribution is -2.31. The summed E-state index contributed by atoms with van der Waals surface area (Å²) in [6.07, 6.45) is -2.40. The van der Waals surface area contributed by atoms with E-state index in [1.807, 2.05) is 4.72 Å². The van der Waals surface area contributed by atoms with Crippen molar-refractivity contribution in [2.45, 2.75) is 32.0 Å². The molecule has 2 atom stereocenters. The molecule has 2 unspecified atom stereocenters. The summed E-state index contributed by atoms with van der Waals surface area (Å²) in [5.74, 6) is -1.15. The largest absolute Gasteiger partial charge is 0.338 e. The Kier molecular flexibility index (Phi) is 4.49. The van der Waals surface area contributed by atoms with Crippen molar-refractivity contribution in [2.75, 3.05) is 7.05 Å². The number of nitro groups is 1. The van der Waals surface area contributed by atoms with Crippen molar-refractivity contribution < 1.29 is 27.0 Å². The highest BCUT2D eigenvalue weighted by molar-refractivity contribution is 7.84. The van der Waals surface area contributed by atoms with E-state index >= 15 is 0 Å². The monoisotopic (exact) mass is 332 g/mol. The van der Waals surface area contributed by atoms with Crippen LogP contribution in [0.3, 0.4) is 0 Å². The van der Waals surface area contributed by atoms with E-state index in [1.54, 1.807) is 19.9 Å². The summed E-state index contributed by atoms with van der Waals surface area (Å²) in [7, 11) is -2.88. The molecule has 1 aliphatic rings. The molecule has 1 saturated heterocycles. The first-order chi connectivity index (χ1) is 10.2. The van der Waals surface area contributed by atoms with Crippen LogP contribution in [0.1, 0.15) is 25.5 Å². The normalized spacial score (nSPS) is 24.3. The highest BCUT2D eigenvalue weighted by atomic mass is 32.2. The molecule has 1 fully saturated rings. The summed E-state index contributed by atoms with van der Waals surface area (Å²) < 4.78 is 41.0. The highest BCUT2D eigenvalue weighted by Crippen LogP contribution is 2.42. The molecule has 9 nitrogen and oxygen atoms in total. The predicted molar refractivity (Wildman–Crippen MR) is 74.9 cm³/mol. The number of hydrogen-bond acceptors (Lipinski definition) is 7. The van der Waals surface area contributed by atoms with Gasteiger partial charge in [0.2, 0.25) is 6.29 Å². The van der Waals surface area contributed by atoms with Crippen LogP contribution in [0.25, 0.3) is 0 Å². The minimum Gasteiger partial charge on any atom is -0.337 e. The summed E-state index contributed by atoms with van der Waals surface area (Å²) in [4.78, 5) is 10.5. The van der Waals surface area contributed by atoms with E-state index in [9.17, 15) is 18.5 Å². The Morgan fingerprint density at radius 2 is 1.95 bits per heavy atom. The Morgan fingerprint density at radius 1 is 1.32 bits per heavy atom. The van der Waals surface area contributed by atoms with Crippen LogP contribution in [-0.4, -0.2) is 32.5 Å². The molecule has 122 valence electrons. The molecule has 0 radical (unpaired) electrons. The Bertz CT molecular complexity index is 674. The second-order valence-corrected chi connectivity index (χ2v) is 6.50. The number of hydrogen-bond donors (Lipinski definition) is 1. The Morgan fingerprint density at radius 3 is 2.55 bits per heavy atom. The molecule has 0 spiro atoms. The maximum Gasteiger partial charge on any atom is 0.338 e. The molecule has 0 bridgehead atoms. The second-order valence-electron chi connectivity index (χ2n) is 4.99. The molecule has 22 heavy (non-hydrogen) atoms. The first-order valence-electron chi connectivity index (χ1n) is 6.36. The Balaban J connectivity index is 2.41. The molecule has 1 N–H and O–H groups in total. The number of nitro benzene ring substituents is 1. The number of ether oxygens (including phenoxy) is 2. The van der Waals surface area contributed by atoms with Gasteiger partial charge < -0.3 is 9.47 Å². The highest BCUT2D eigenvalue weighted by Gasteiger charge is 2.47. The zero-order valence-corrected chi connectivity index (χ0v) is 13.0. The van der Waals surface area contributed by atoms with Crippen LogP contribution in [-0.2, 0) is 24.0 Å². The van der Waals surface area contributed by atoms with Crippen LogP contribution in [0.4, 0.5) is 5.69 Å². The topological polar surface area (TPSA) is 117 Å². The first kappa shape index (κ1) is 16.8. The summed E-state index contributed by atoms with van der Waals surface area (Å²) in [6.45, 7) is 3.12. The molecule has 0 aromatic heterocycles. The van der Waals surface area contributed by atoms with E-state index in [4.69, 9.17) is 13.7 Å². The lowest BCUT2D eigenvalue weighted by molar-refractivity contribution is -0.386. The predicted octanol–water partition coefficient (Wildman–Crippen LogP) is 1.23. The van der Waals surface area contributed by atoms with Gasteiger partial charge in [0.15, 0.2) is 5.79 Å². The van der Waals surface area contributed by atoms with E-state index in [0.29, 0.717) is 0 Å². The number of para-hydroxylation sites is 1. The van der Waals surface area contributed by atoms with Gasteiger partial charge >= 0.3 is 10.3 Å². The molecule has 1 aliphatic heterocycles. The van der Waals surface area contributed by atoms with Gasteiger partial charge in [0.25, 0.3) is 5.69 Å². The van der Waals surface area contributed by atoms with Crippen LogP contribution >= 0.6 is 0 Å². The minimum absolute atomic E-state index is 0.175. The van der Waals surface area contributed by atoms with Gasteiger partial charge in [-0.1, -0.05) is 12.1 Å². The molecule has 2 rings (SSSR count). The molecule has 1 heterocycles. The summed E-state index contributed by atoms with van der Waals surface area (Å²) in [5, 5.41) is 11.1. The number of nitrogens with zero attached hydrogens (tertiary/aromatic N) is 1. The van der Waals surface area contributed by atoms with Gasteiger partial charge in [-0.2, -0.15) is 13.1 Å². The molecular weight excluding hydrogens is 316 g/mol. The standard InChI is InChI=1S/C12H16N2O7S/c1-12(2)19-10(11(20-12)21-22(17,18)13-3)8-6-4-5-7-9(8)14(15)16/h4-7,10-11,13H,1-3H3. The third-order valence-electron chi connectivity index (χ3n) is 2.97. The fourth-order valence-electron chi connectivity index (χ4n) is 2.08. The van der Waals surface area contributed by atoms with Gasteiger partial charge in [-0.25, -0.2) is 4.18 Å². The zero-order chi connectivity index (χ0) is 16.5. The number of nitrogens with one attached hydrogen (secondary N) is 1. The van der Waals surface area contributed by atoms with E-state index < -0.39 is 33.4 Å². The van der Waals surface area contributed by atoms with E-state index in [0.717, 1.165) is 0 Å². The molecular formula is C12H16N2O7S. The fourth-order valence-corrected chi connectivity index (χ4v) is 2.56. The fraction of sp³-hybridized carbons (Fsp3) is 0.500. The van der Waals surface area contributed by atoms with Crippen molar-refractivity contribution in [3.8, 4) is 0 Å². The van der Waals surface area contributed by atoms with Gasteiger partial charge in [-0.3, -0.25) is 10.1 Å². The molecule has 0 saturated carbocycles. The van der Waals surface area contributed by atoms with Crippen molar-refractivity contribution in [3.05, 3.63) is 39.9 Å².